The molecule has 0 aliphatic heterocycles. The number of anilines is 1. The highest BCUT2D eigenvalue weighted by molar-refractivity contribution is 5.32. The minimum Gasteiger partial charge on any atom is -0.384 e. The van der Waals surface area contributed by atoms with E-state index in [0.717, 1.165) is 24.9 Å². The van der Waals surface area contributed by atoms with Gasteiger partial charge in [-0.3, -0.25) is 0 Å². The summed E-state index contributed by atoms with van der Waals surface area (Å²) < 4.78 is 0. The van der Waals surface area contributed by atoms with Gasteiger partial charge in [-0.2, -0.15) is 0 Å². The van der Waals surface area contributed by atoms with E-state index in [1.54, 1.807) is 0 Å². The molecule has 0 bridgehead atoms. The minimum absolute atomic E-state index is 0.640. The quantitative estimate of drug-likeness (QED) is 0.821. The van der Waals surface area contributed by atoms with Crippen LogP contribution in [0.5, 0.6) is 0 Å². The molecule has 0 aromatic carbocycles. The fourth-order valence-electron chi connectivity index (χ4n) is 2.75. The summed E-state index contributed by atoms with van der Waals surface area (Å²) >= 11 is 0. The van der Waals surface area contributed by atoms with Crippen LogP contribution in [-0.2, 0) is 6.42 Å². The predicted octanol–water partition coefficient (Wildman–Crippen LogP) is 2.37. The number of nitrogens with two attached hydrogens (primary N) is 1. The van der Waals surface area contributed by atoms with Gasteiger partial charge < -0.3 is 11.1 Å². The third-order valence-corrected chi connectivity index (χ3v) is 3.59. The molecule has 1 aliphatic rings. The van der Waals surface area contributed by atoms with Crippen LogP contribution in [0.3, 0.4) is 0 Å². The van der Waals surface area contributed by atoms with Crippen LogP contribution in [0.2, 0.25) is 0 Å². The number of hydrogen-bond acceptors (Lipinski definition) is 3. The Labute approximate surface area is 104 Å². The standard InChI is InChI=1S/C14H23N3/c1-2-6-16-13-4-3-11(9-13)8-12-5-7-17-14(15)10-12/h5,7,10-11,13,16H,2-4,6,8-9H2,1H3,(H2,15,17). The van der Waals surface area contributed by atoms with Gasteiger partial charge in [0.1, 0.15) is 5.82 Å². The maximum atomic E-state index is 5.70. The van der Waals surface area contributed by atoms with Crippen LogP contribution < -0.4 is 11.1 Å². The molecule has 1 aromatic heterocycles. The second-order valence-corrected chi connectivity index (χ2v) is 5.12. The topological polar surface area (TPSA) is 50.9 Å². The van der Waals surface area contributed by atoms with E-state index in [4.69, 9.17) is 5.73 Å². The molecule has 94 valence electrons. The summed E-state index contributed by atoms with van der Waals surface area (Å²) in [6.07, 6.45) is 8.16. The highest BCUT2D eigenvalue weighted by Gasteiger charge is 2.23. The van der Waals surface area contributed by atoms with Crippen molar-refractivity contribution in [2.75, 3.05) is 12.3 Å². The monoisotopic (exact) mass is 233 g/mol. The number of nitrogens with zero attached hydrogens (tertiary/aromatic N) is 1. The number of rotatable bonds is 5. The van der Waals surface area contributed by atoms with Crippen LogP contribution in [0.25, 0.3) is 0 Å². The molecule has 1 aliphatic carbocycles. The zero-order valence-electron chi connectivity index (χ0n) is 10.7. The molecule has 1 saturated carbocycles. The molecular formula is C14H23N3. The van der Waals surface area contributed by atoms with Gasteiger partial charge in [0.25, 0.3) is 0 Å². The molecule has 0 spiro atoms. The average molecular weight is 233 g/mol. The van der Waals surface area contributed by atoms with Gasteiger partial charge in [0.2, 0.25) is 0 Å². The first-order valence-electron chi connectivity index (χ1n) is 6.71. The molecule has 0 amide bonds. The molecule has 0 radical (unpaired) electrons. The summed E-state index contributed by atoms with van der Waals surface area (Å²) in [7, 11) is 0. The normalized spacial score (nSPS) is 24.1. The Morgan fingerprint density at radius 2 is 2.35 bits per heavy atom. The molecule has 1 aromatic rings. The number of nitrogen functional groups attached to an aromatic ring is 1. The summed E-state index contributed by atoms with van der Waals surface area (Å²) in [6.45, 7) is 3.37. The van der Waals surface area contributed by atoms with Gasteiger partial charge in [-0.15, -0.1) is 0 Å². The molecule has 2 rings (SSSR count). The van der Waals surface area contributed by atoms with E-state index in [0.29, 0.717) is 5.82 Å². The van der Waals surface area contributed by atoms with Gasteiger partial charge >= 0.3 is 0 Å². The first kappa shape index (κ1) is 12.4. The summed E-state index contributed by atoms with van der Waals surface area (Å²) in [5.74, 6) is 1.45. The first-order chi connectivity index (χ1) is 8.28. The van der Waals surface area contributed by atoms with Crippen molar-refractivity contribution in [2.45, 2.75) is 45.1 Å². The molecule has 3 N–H and O–H groups in total. The van der Waals surface area contributed by atoms with Crippen molar-refractivity contribution in [3.63, 3.8) is 0 Å². The van der Waals surface area contributed by atoms with E-state index < -0.39 is 0 Å². The lowest BCUT2D eigenvalue weighted by Gasteiger charge is -2.12. The van der Waals surface area contributed by atoms with E-state index in [1.165, 1.54) is 31.2 Å². The second-order valence-electron chi connectivity index (χ2n) is 5.12. The van der Waals surface area contributed by atoms with Crippen LogP contribution in [0.15, 0.2) is 18.3 Å². The van der Waals surface area contributed by atoms with Gasteiger partial charge in [0, 0.05) is 12.2 Å². The Balaban J connectivity index is 1.81. The summed E-state index contributed by atoms with van der Waals surface area (Å²) in [6, 6.07) is 4.83. The zero-order chi connectivity index (χ0) is 12.1. The van der Waals surface area contributed by atoms with Crippen molar-refractivity contribution in [3.8, 4) is 0 Å². The van der Waals surface area contributed by atoms with Gasteiger partial charge in [0.05, 0.1) is 0 Å². The molecule has 3 nitrogen and oxygen atoms in total. The lowest BCUT2D eigenvalue weighted by Crippen LogP contribution is -2.27. The van der Waals surface area contributed by atoms with E-state index in [-0.39, 0.29) is 0 Å². The molecule has 17 heavy (non-hydrogen) atoms. The van der Waals surface area contributed by atoms with Crippen LogP contribution in [0.1, 0.15) is 38.2 Å². The molecule has 2 unspecified atom stereocenters. The first-order valence-corrected chi connectivity index (χ1v) is 6.71. The third kappa shape index (κ3) is 3.70. The highest BCUT2D eigenvalue weighted by atomic mass is 14.9. The largest absolute Gasteiger partial charge is 0.384 e. The van der Waals surface area contributed by atoms with Gasteiger partial charge in [0.15, 0.2) is 0 Å². The molecule has 1 fully saturated rings. The Hall–Kier alpha value is -1.09. The fourth-order valence-corrected chi connectivity index (χ4v) is 2.75. The Kier molecular flexibility index (Phi) is 4.37. The maximum absolute atomic E-state index is 5.70. The van der Waals surface area contributed by atoms with E-state index >= 15 is 0 Å². The summed E-state index contributed by atoms with van der Waals surface area (Å²) in [4.78, 5) is 4.04. The van der Waals surface area contributed by atoms with E-state index in [9.17, 15) is 0 Å². The minimum atomic E-state index is 0.640. The van der Waals surface area contributed by atoms with Crippen molar-refractivity contribution in [1.82, 2.24) is 10.3 Å². The zero-order valence-corrected chi connectivity index (χ0v) is 10.7. The maximum Gasteiger partial charge on any atom is 0.123 e. The summed E-state index contributed by atoms with van der Waals surface area (Å²) in [5, 5.41) is 3.62. The predicted molar refractivity (Wildman–Crippen MR) is 71.8 cm³/mol. The SMILES string of the molecule is CCCNC1CCC(Cc2ccnc(N)c2)C1. The Morgan fingerprint density at radius 3 is 3.12 bits per heavy atom. The Bertz CT molecular complexity index is 351. The third-order valence-electron chi connectivity index (χ3n) is 3.59. The smallest absolute Gasteiger partial charge is 0.123 e. The highest BCUT2D eigenvalue weighted by Crippen LogP contribution is 2.28. The molecular weight excluding hydrogens is 210 g/mol. The van der Waals surface area contributed by atoms with E-state index in [2.05, 4.69) is 23.3 Å². The molecule has 0 saturated heterocycles. The average Bonchev–Trinajstić information content (AvgIpc) is 2.74. The van der Waals surface area contributed by atoms with Crippen molar-refractivity contribution in [2.24, 2.45) is 5.92 Å². The molecule has 3 heteroatoms. The molecule has 2 atom stereocenters. The Morgan fingerprint density at radius 1 is 1.47 bits per heavy atom. The lowest BCUT2D eigenvalue weighted by molar-refractivity contribution is 0.484. The lowest BCUT2D eigenvalue weighted by atomic mass is 9.98. The van der Waals surface area contributed by atoms with Crippen LogP contribution in [0.4, 0.5) is 5.82 Å². The van der Waals surface area contributed by atoms with Crippen molar-refractivity contribution >= 4 is 5.82 Å². The van der Waals surface area contributed by atoms with Crippen molar-refractivity contribution in [3.05, 3.63) is 23.9 Å². The van der Waals surface area contributed by atoms with Crippen molar-refractivity contribution < 1.29 is 0 Å². The van der Waals surface area contributed by atoms with Crippen molar-refractivity contribution in [1.29, 1.82) is 0 Å². The van der Waals surface area contributed by atoms with Crippen LogP contribution in [0, 0.1) is 5.92 Å². The number of pyridine rings is 1. The van der Waals surface area contributed by atoms with Crippen LogP contribution >= 0.6 is 0 Å². The molecule has 1 heterocycles. The fraction of sp³-hybridized carbons (Fsp3) is 0.643. The summed E-state index contributed by atoms with van der Waals surface area (Å²) in [5.41, 5.74) is 7.03. The van der Waals surface area contributed by atoms with Crippen LogP contribution in [-0.4, -0.2) is 17.6 Å². The number of aromatic nitrogens is 1. The van der Waals surface area contributed by atoms with Gasteiger partial charge in [-0.1, -0.05) is 6.92 Å². The second kappa shape index (κ2) is 6.01. The van der Waals surface area contributed by atoms with E-state index in [1.807, 2.05) is 12.3 Å². The van der Waals surface area contributed by atoms with Gasteiger partial charge in [-0.25, -0.2) is 4.98 Å². The van der Waals surface area contributed by atoms with Gasteiger partial charge in [-0.05, 0) is 62.3 Å². The number of nitrogens with one attached hydrogen (secondary N) is 1. The number of hydrogen-bond donors (Lipinski definition) is 2.